The summed E-state index contributed by atoms with van der Waals surface area (Å²) in [5.74, 6) is 0.277. The molecule has 0 saturated carbocycles. The molecular weight excluding hydrogens is 254 g/mol. The van der Waals surface area contributed by atoms with Crippen molar-refractivity contribution in [1.82, 2.24) is 4.90 Å². The van der Waals surface area contributed by atoms with Gasteiger partial charge < -0.3 is 9.84 Å². The summed E-state index contributed by atoms with van der Waals surface area (Å²) in [4.78, 5) is 13.3. The molecule has 0 aromatic heterocycles. The van der Waals surface area contributed by atoms with E-state index in [1.54, 1.807) is 14.0 Å². The van der Waals surface area contributed by atoms with Gasteiger partial charge in [-0.05, 0) is 30.9 Å². The van der Waals surface area contributed by atoms with Gasteiger partial charge in [-0.25, -0.2) is 0 Å². The Morgan fingerprint density at radius 2 is 2.05 bits per heavy atom. The number of carboxylic acids is 1. The van der Waals surface area contributed by atoms with Crippen LogP contribution in [0.5, 0.6) is 5.75 Å². The van der Waals surface area contributed by atoms with E-state index in [0.717, 1.165) is 25.3 Å². The minimum absolute atomic E-state index is 0.246. The Morgan fingerprint density at radius 3 is 2.65 bits per heavy atom. The number of benzene rings is 1. The molecule has 1 fully saturated rings. The van der Waals surface area contributed by atoms with Gasteiger partial charge in [0.15, 0.2) is 0 Å². The van der Waals surface area contributed by atoms with Gasteiger partial charge in [-0.1, -0.05) is 25.1 Å². The molecule has 2 rings (SSSR count). The molecular formula is C16H23NO3. The number of likely N-dealkylation sites (tertiary alicyclic amines) is 1. The highest BCUT2D eigenvalue weighted by Gasteiger charge is 2.36. The van der Waals surface area contributed by atoms with Crippen LogP contribution in [0, 0.1) is 11.8 Å². The zero-order chi connectivity index (χ0) is 14.7. The Hall–Kier alpha value is -1.55. The van der Waals surface area contributed by atoms with Gasteiger partial charge in [0, 0.05) is 19.1 Å². The number of hydrogen-bond acceptors (Lipinski definition) is 3. The Balaban J connectivity index is 1.88. The van der Waals surface area contributed by atoms with Crippen LogP contribution in [0.3, 0.4) is 0 Å². The smallest absolute Gasteiger partial charge is 0.306 e. The molecule has 110 valence electrons. The van der Waals surface area contributed by atoms with E-state index in [9.17, 15) is 4.79 Å². The molecule has 4 nitrogen and oxygen atoms in total. The van der Waals surface area contributed by atoms with Crippen molar-refractivity contribution in [1.29, 1.82) is 0 Å². The Kier molecular flexibility index (Phi) is 4.65. The van der Waals surface area contributed by atoms with Crippen molar-refractivity contribution in [3.8, 4) is 5.75 Å². The minimum atomic E-state index is -0.688. The van der Waals surface area contributed by atoms with E-state index in [2.05, 4.69) is 17.9 Å². The lowest BCUT2D eigenvalue weighted by Gasteiger charge is -2.45. The maximum absolute atomic E-state index is 10.9. The van der Waals surface area contributed by atoms with Gasteiger partial charge in [0.2, 0.25) is 0 Å². The average molecular weight is 277 g/mol. The fraction of sp³-hybridized carbons (Fsp3) is 0.562. The van der Waals surface area contributed by atoms with Gasteiger partial charge in [-0.3, -0.25) is 9.69 Å². The van der Waals surface area contributed by atoms with E-state index < -0.39 is 5.97 Å². The molecule has 0 amide bonds. The van der Waals surface area contributed by atoms with E-state index in [1.165, 1.54) is 5.56 Å². The second-order valence-electron chi connectivity index (χ2n) is 5.71. The van der Waals surface area contributed by atoms with Crippen LogP contribution in [0.25, 0.3) is 0 Å². The van der Waals surface area contributed by atoms with E-state index in [1.807, 2.05) is 18.2 Å². The van der Waals surface area contributed by atoms with Gasteiger partial charge in [-0.2, -0.15) is 0 Å². The van der Waals surface area contributed by atoms with E-state index in [4.69, 9.17) is 9.84 Å². The molecule has 1 aromatic carbocycles. The maximum atomic E-state index is 10.9. The van der Waals surface area contributed by atoms with Crippen LogP contribution in [0.4, 0.5) is 0 Å². The molecule has 2 atom stereocenters. The highest BCUT2D eigenvalue weighted by atomic mass is 16.5. The third-order valence-electron chi connectivity index (χ3n) is 4.37. The number of aliphatic carboxylic acids is 1. The second-order valence-corrected chi connectivity index (χ2v) is 5.71. The third kappa shape index (κ3) is 3.12. The fourth-order valence-electron chi connectivity index (χ4n) is 2.75. The van der Waals surface area contributed by atoms with Crippen molar-refractivity contribution in [2.24, 2.45) is 11.8 Å². The third-order valence-corrected chi connectivity index (χ3v) is 4.37. The van der Waals surface area contributed by atoms with Crippen LogP contribution < -0.4 is 4.74 Å². The summed E-state index contributed by atoms with van der Waals surface area (Å²) in [6.45, 7) is 5.75. The van der Waals surface area contributed by atoms with Gasteiger partial charge in [0.25, 0.3) is 0 Å². The largest absolute Gasteiger partial charge is 0.496 e. The number of para-hydroxylation sites is 1. The average Bonchev–Trinajstić information content (AvgIpc) is 2.37. The van der Waals surface area contributed by atoms with Crippen molar-refractivity contribution >= 4 is 5.97 Å². The van der Waals surface area contributed by atoms with Crippen molar-refractivity contribution in [3.63, 3.8) is 0 Å². The van der Waals surface area contributed by atoms with Crippen molar-refractivity contribution in [2.45, 2.75) is 26.3 Å². The fourth-order valence-corrected chi connectivity index (χ4v) is 2.75. The predicted molar refractivity (Wildman–Crippen MR) is 78.0 cm³/mol. The van der Waals surface area contributed by atoms with Crippen molar-refractivity contribution in [3.05, 3.63) is 29.8 Å². The minimum Gasteiger partial charge on any atom is -0.496 e. The molecule has 1 N–H and O–H groups in total. The highest BCUT2D eigenvalue weighted by Crippen LogP contribution is 2.28. The van der Waals surface area contributed by atoms with Gasteiger partial charge in [0.1, 0.15) is 5.75 Å². The summed E-state index contributed by atoms with van der Waals surface area (Å²) in [7, 11) is 1.69. The first-order valence-corrected chi connectivity index (χ1v) is 7.11. The summed E-state index contributed by atoms with van der Waals surface area (Å²) in [5.41, 5.74) is 1.21. The number of rotatable bonds is 6. The normalized spacial score (nSPS) is 19.1. The molecule has 2 unspecified atom stereocenters. The summed E-state index contributed by atoms with van der Waals surface area (Å²) in [6, 6.07) is 8.47. The highest BCUT2D eigenvalue weighted by molar-refractivity contribution is 5.70. The van der Waals surface area contributed by atoms with Gasteiger partial charge in [-0.15, -0.1) is 0 Å². The predicted octanol–water partition coefficient (Wildman–Crippen LogP) is 2.28. The molecule has 0 bridgehead atoms. The molecule has 4 heteroatoms. The first-order chi connectivity index (χ1) is 9.52. The molecule has 1 saturated heterocycles. The lowest BCUT2D eigenvalue weighted by Crippen LogP contribution is -2.54. The van der Waals surface area contributed by atoms with E-state index in [0.29, 0.717) is 6.04 Å². The van der Waals surface area contributed by atoms with Crippen molar-refractivity contribution < 1.29 is 14.6 Å². The van der Waals surface area contributed by atoms with Crippen LogP contribution in [-0.4, -0.2) is 42.2 Å². The molecule has 0 spiro atoms. The molecule has 1 aliphatic heterocycles. The monoisotopic (exact) mass is 277 g/mol. The zero-order valence-electron chi connectivity index (χ0n) is 12.4. The lowest BCUT2D eigenvalue weighted by molar-refractivity contribution is -0.145. The Morgan fingerprint density at radius 1 is 1.40 bits per heavy atom. The molecule has 20 heavy (non-hydrogen) atoms. The SMILES string of the molecule is COc1ccccc1CC(C)N1CC(C(C)C(=O)O)C1. The molecule has 0 radical (unpaired) electrons. The van der Waals surface area contributed by atoms with Crippen LogP contribution >= 0.6 is 0 Å². The maximum Gasteiger partial charge on any atom is 0.306 e. The van der Waals surface area contributed by atoms with Crippen LogP contribution in [0.2, 0.25) is 0 Å². The number of hydrogen-bond donors (Lipinski definition) is 1. The first-order valence-electron chi connectivity index (χ1n) is 7.11. The summed E-state index contributed by atoms with van der Waals surface area (Å²) in [6.07, 6.45) is 0.929. The molecule has 1 aromatic rings. The lowest BCUT2D eigenvalue weighted by atomic mass is 9.85. The molecule has 0 aliphatic carbocycles. The number of ether oxygens (including phenoxy) is 1. The number of methoxy groups -OCH3 is 1. The zero-order valence-corrected chi connectivity index (χ0v) is 12.4. The van der Waals surface area contributed by atoms with Gasteiger partial charge >= 0.3 is 5.97 Å². The van der Waals surface area contributed by atoms with E-state index in [-0.39, 0.29) is 11.8 Å². The number of carboxylic acid groups (broad SMARTS) is 1. The standard InChI is InChI=1S/C16H23NO3/c1-11(8-13-6-4-5-7-15(13)20-3)17-9-14(10-17)12(2)16(18)19/h4-7,11-12,14H,8-10H2,1-3H3,(H,18,19). The summed E-state index contributed by atoms with van der Waals surface area (Å²) < 4.78 is 5.37. The summed E-state index contributed by atoms with van der Waals surface area (Å²) >= 11 is 0. The number of carbonyl (C=O) groups is 1. The van der Waals surface area contributed by atoms with Crippen LogP contribution in [0.1, 0.15) is 19.4 Å². The Bertz CT molecular complexity index is 469. The van der Waals surface area contributed by atoms with Crippen LogP contribution in [-0.2, 0) is 11.2 Å². The van der Waals surface area contributed by atoms with Gasteiger partial charge in [0.05, 0.1) is 13.0 Å². The summed E-state index contributed by atoms with van der Waals surface area (Å²) in [5, 5.41) is 9.01. The number of nitrogens with zero attached hydrogens (tertiary/aromatic N) is 1. The van der Waals surface area contributed by atoms with Crippen LogP contribution in [0.15, 0.2) is 24.3 Å². The molecule has 1 heterocycles. The molecule has 1 aliphatic rings. The second kappa shape index (κ2) is 6.27. The quantitative estimate of drug-likeness (QED) is 0.866. The van der Waals surface area contributed by atoms with Crippen molar-refractivity contribution in [2.75, 3.05) is 20.2 Å². The topological polar surface area (TPSA) is 49.8 Å². The first kappa shape index (κ1) is 14.9. The van der Waals surface area contributed by atoms with E-state index >= 15 is 0 Å². The Labute approximate surface area is 120 Å².